The highest BCUT2D eigenvalue weighted by Crippen LogP contribution is 2.18. The second-order valence-electron chi connectivity index (χ2n) is 4.48. The zero-order valence-corrected chi connectivity index (χ0v) is 10.2. The molecule has 0 unspecified atom stereocenters. The summed E-state index contributed by atoms with van der Waals surface area (Å²) in [5.74, 6) is -0.427. The number of hydrogen-bond acceptors (Lipinski definition) is 3. The third-order valence-electron chi connectivity index (χ3n) is 3.24. The topological polar surface area (TPSA) is 46.1 Å². The summed E-state index contributed by atoms with van der Waals surface area (Å²) in [6.45, 7) is 1.13. The van der Waals surface area contributed by atoms with E-state index in [0.717, 1.165) is 17.7 Å². The van der Waals surface area contributed by atoms with Crippen LogP contribution < -0.4 is 0 Å². The predicted octanol–water partition coefficient (Wildman–Crippen LogP) is 1.81. The van der Waals surface area contributed by atoms with Crippen molar-refractivity contribution in [2.24, 2.45) is 0 Å². The van der Waals surface area contributed by atoms with Gasteiger partial charge in [-0.15, -0.1) is 0 Å². The molecule has 4 nitrogen and oxygen atoms in total. The smallest absolute Gasteiger partial charge is 0.254 e. The van der Waals surface area contributed by atoms with Crippen LogP contribution in [0, 0.1) is 5.82 Å². The Kier molecular flexibility index (Phi) is 2.95. The summed E-state index contributed by atoms with van der Waals surface area (Å²) in [4.78, 5) is 22.2. The zero-order valence-electron chi connectivity index (χ0n) is 10.2. The lowest BCUT2D eigenvalue weighted by Gasteiger charge is -2.27. The van der Waals surface area contributed by atoms with E-state index in [4.69, 9.17) is 0 Å². The average molecular weight is 257 g/mol. The first kappa shape index (κ1) is 11.8. The Labute approximate surface area is 109 Å². The Balaban J connectivity index is 1.81. The van der Waals surface area contributed by atoms with E-state index in [1.165, 1.54) is 30.6 Å². The predicted molar refractivity (Wildman–Crippen MR) is 66.9 cm³/mol. The van der Waals surface area contributed by atoms with Crippen LogP contribution in [0.15, 0.2) is 36.8 Å². The Bertz CT molecular complexity index is 612. The maximum absolute atomic E-state index is 12.8. The van der Waals surface area contributed by atoms with Gasteiger partial charge in [0, 0.05) is 36.8 Å². The van der Waals surface area contributed by atoms with Crippen LogP contribution in [-0.2, 0) is 13.0 Å². The van der Waals surface area contributed by atoms with Crippen LogP contribution in [-0.4, -0.2) is 27.3 Å². The highest BCUT2D eigenvalue weighted by molar-refractivity contribution is 5.94. The molecule has 2 heterocycles. The number of hydrogen-bond donors (Lipinski definition) is 0. The molecule has 1 amide bonds. The molecule has 1 aromatic carbocycles. The second-order valence-corrected chi connectivity index (χ2v) is 4.48. The number of carbonyl (C=O) groups is 1. The van der Waals surface area contributed by atoms with Crippen LogP contribution >= 0.6 is 0 Å². The van der Waals surface area contributed by atoms with E-state index >= 15 is 0 Å². The van der Waals surface area contributed by atoms with E-state index in [9.17, 15) is 9.18 Å². The Morgan fingerprint density at radius 2 is 2.05 bits per heavy atom. The molecule has 0 spiro atoms. The molecule has 1 aliphatic heterocycles. The van der Waals surface area contributed by atoms with Crippen molar-refractivity contribution in [3.05, 3.63) is 59.4 Å². The third kappa shape index (κ3) is 2.31. The molecular formula is C14H12FN3O. The van der Waals surface area contributed by atoms with Gasteiger partial charge in [-0.3, -0.25) is 4.79 Å². The average Bonchev–Trinajstić information content (AvgIpc) is 2.47. The van der Waals surface area contributed by atoms with E-state index in [1.807, 2.05) is 0 Å². The number of benzene rings is 1. The quantitative estimate of drug-likeness (QED) is 0.782. The number of nitrogens with zero attached hydrogens (tertiary/aromatic N) is 3. The van der Waals surface area contributed by atoms with Crippen LogP contribution in [0.5, 0.6) is 0 Å². The van der Waals surface area contributed by atoms with E-state index in [0.29, 0.717) is 18.7 Å². The number of fused-ring (bicyclic) bond motifs is 1. The lowest BCUT2D eigenvalue weighted by molar-refractivity contribution is 0.0733. The van der Waals surface area contributed by atoms with Gasteiger partial charge in [0.1, 0.15) is 12.1 Å². The zero-order chi connectivity index (χ0) is 13.2. The number of aromatic nitrogens is 2. The molecule has 0 N–H and O–H groups in total. The summed E-state index contributed by atoms with van der Waals surface area (Å²) in [5, 5.41) is 0. The molecule has 0 radical (unpaired) electrons. The summed E-state index contributed by atoms with van der Waals surface area (Å²) < 4.78 is 12.8. The first-order chi connectivity index (χ1) is 9.24. The number of rotatable bonds is 1. The van der Waals surface area contributed by atoms with Gasteiger partial charge in [-0.25, -0.2) is 14.4 Å². The normalized spacial score (nSPS) is 14.1. The molecule has 0 saturated carbocycles. The van der Waals surface area contributed by atoms with Crippen molar-refractivity contribution in [1.29, 1.82) is 0 Å². The molecular weight excluding hydrogens is 245 g/mol. The maximum Gasteiger partial charge on any atom is 0.254 e. The van der Waals surface area contributed by atoms with Crippen molar-refractivity contribution in [1.82, 2.24) is 14.9 Å². The Morgan fingerprint density at radius 3 is 2.84 bits per heavy atom. The molecule has 1 aromatic heterocycles. The van der Waals surface area contributed by atoms with Gasteiger partial charge in [0.25, 0.3) is 5.91 Å². The third-order valence-corrected chi connectivity index (χ3v) is 3.24. The Hall–Kier alpha value is -2.30. The van der Waals surface area contributed by atoms with Crippen LogP contribution in [0.25, 0.3) is 0 Å². The lowest BCUT2D eigenvalue weighted by Crippen LogP contribution is -2.36. The lowest BCUT2D eigenvalue weighted by atomic mass is 10.1. The minimum atomic E-state index is -0.339. The van der Waals surface area contributed by atoms with E-state index < -0.39 is 0 Å². The van der Waals surface area contributed by atoms with Crippen molar-refractivity contribution in [2.75, 3.05) is 6.54 Å². The van der Waals surface area contributed by atoms with E-state index in [1.54, 1.807) is 11.1 Å². The van der Waals surface area contributed by atoms with Crippen molar-refractivity contribution >= 4 is 5.91 Å². The van der Waals surface area contributed by atoms with Crippen LogP contribution in [0.3, 0.4) is 0 Å². The van der Waals surface area contributed by atoms with Crippen LogP contribution in [0.2, 0.25) is 0 Å². The van der Waals surface area contributed by atoms with Gasteiger partial charge < -0.3 is 4.90 Å². The molecule has 0 saturated heterocycles. The van der Waals surface area contributed by atoms with Gasteiger partial charge in [0.2, 0.25) is 0 Å². The van der Waals surface area contributed by atoms with Crippen LogP contribution in [0.4, 0.5) is 4.39 Å². The molecule has 0 bridgehead atoms. The van der Waals surface area contributed by atoms with Gasteiger partial charge in [-0.2, -0.15) is 0 Å². The van der Waals surface area contributed by atoms with Crippen LogP contribution in [0.1, 0.15) is 21.6 Å². The molecule has 1 aliphatic rings. The van der Waals surface area contributed by atoms with Crippen molar-refractivity contribution in [3.63, 3.8) is 0 Å². The number of amides is 1. The summed E-state index contributed by atoms with van der Waals surface area (Å²) in [7, 11) is 0. The number of halogens is 1. The van der Waals surface area contributed by atoms with Gasteiger partial charge in [0.05, 0.1) is 5.69 Å². The molecule has 5 heteroatoms. The monoisotopic (exact) mass is 257 g/mol. The summed E-state index contributed by atoms with van der Waals surface area (Å²) in [6.07, 6.45) is 3.99. The summed E-state index contributed by atoms with van der Waals surface area (Å²) in [5.41, 5.74) is 2.48. The summed E-state index contributed by atoms with van der Waals surface area (Å²) in [6, 6.07) is 5.62. The van der Waals surface area contributed by atoms with Crippen molar-refractivity contribution in [3.8, 4) is 0 Å². The SMILES string of the molecule is O=C(c1ccc(F)cc1)N1CCc2ncncc2C1. The highest BCUT2D eigenvalue weighted by Gasteiger charge is 2.22. The number of carbonyl (C=O) groups excluding carboxylic acids is 1. The maximum atomic E-state index is 12.8. The molecule has 3 rings (SSSR count). The van der Waals surface area contributed by atoms with Gasteiger partial charge >= 0.3 is 0 Å². The highest BCUT2D eigenvalue weighted by atomic mass is 19.1. The van der Waals surface area contributed by atoms with Crippen molar-refractivity contribution in [2.45, 2.75) is 13.0 Å². The van der Waals surface area contributed by atoms with Gasteiger partial charge in [-0.1, -0.05) is 0 Å². The second kappa shape index (κ2) is 4.76. The fourth-order valence-electron chi connectivity index (χ4n) is 2.21. The molecule has 96 valence electrons. The molecule has 2 aromatic rings. The Morgan fingerprint density at radius 1 is 1.26 bits per heavy atom. The van der Waals surface area contributed by atoms with E-state index in [2.05, 4.69) is 9.97 Å². The summed E-state index contributed by atoms with van der Waals surface area (Å²) >= 11 is 0. The van der Waals surface area contributed by atoms with Gasteiger partial charge in [-0.05, 0) is 24.3 Å². The first-order valence-corrected chi connectivity index (χ1v) is 6.06. The minimum Gasteiger partial charge on any atom is -0.334 e. The minimum absolute atomic E-state index is 0.0884. The van der Waals surface area contributed by atoms with Crippen molar-refractivity contribution < 1.29 is 9.18 Å². The standard InChI is InChI=1S/C14H12FN3O/c15-12-3-1-10(2-4-12)14(19)18-6-5-13-11(8-18)7-16-9-17-13/h1-4,7,9H,5-6,8H2. The molecule has 19 heavy (non-hydrogen) atoms. The first-order valence-electron chi connectivity index (χ1n) is 6.06. The largest absolute Gasteiger partial charge is 0.334 e. The fraction of sp³-hybridized carbons (Fsp3) is 0.214. The molecule has 0 fully saturated rings. The molecule has 0 atom stereocenters. The van der Waals surface area contributed by atoms with E-state index in [-0.39, 0.29) is 11.7 Å². The van der Waals surface area contributed by atoms with Gasteiger partial charge in [0.15, 0.2) is 0 Å². The molecule has 0 aliphatic carbocycles. The fourth-order valence-corrected chi connectivity index (χ4v) is 2.21.